The number of hydrogen-bond acceptors (Lipinski definition) is 4. The average Bonchev–Trinajstić information content (AvgIpc) is 2.74. The molecule has 2 rings (SSSR count). The summed E-state index contributed by atoms with van der Waals surface area (Å²) in [6, 6.07) is 6.69. The van der Waals surface area contributed by atoms with Gasteiger partial charge in [-0.15, -0.1) is 0 Å². The molecule has 1 aromatic heterocycles. The first-order valence-corrected chi connectivity index (χ1v) is 5.19. The van der Waals surface area contributed by atoms with Gasteiger partial charge in [0.05, 0.1) is 6.42 Å². The van der Waals surface area contributed by atoms with Crippen LogP contribution in [0.4, 0.5) is 18.9 Å². The Bertz CT molecular complexity index is 536. The minimum Gasteiger partial charge on any atom is -0.399 e. The third-order valence-corrected chi connectivity index (χ3v) is 2.23. The normalized spacial score (nSPS) is 11.7. The molecule has 0 amide bonds. The first-order chi connectivity index (χ1) is 8.44. The molecule has 0 fully saturated rings. The van der Waals surface area contributed by atoms with E-state index in [0.717, 1.165) is 0 Å². The second-order valence-electron chi connectivity index (χ2n) is 3.76. The first-order valence-electron chi connectivity index (χ1n) is 5.19. The van der Waals surface area contributed by atoms with E-state index >= 15 is 0 Å². The minimum absolute atomic E-state index is 0.0322. The lowest BCUT2D eigenvalue weighted by Gasteiger charge is -2.01. The van der Waals surface area contributed by atoms with Crippen molar-refractivity contribution in [2.24, 2.45) is 0 Å². The van der Waals surface area contributed by atoms with Gasteiger partial charge in [0.2, 0.25) is 0 Å². The highest BCUT2D eigenvalue weighted by atomic mass is 19.4. The summed E-state index contributed by atoms with van der Waals surface area (Å²) in [5.41, 5.74) is 6.68. The summed E-state index contributed by atoms with van der Waals surface area (Å²) in [5, 5.41) is 3.50. The van der Waals surface area contributed by atoms with Gasteiger partial charge in [-0.25, -0.2) is 0 Å². The Morgan fingerprint density at radius 2 is 2.06 bits per heavy atom. The van der Waals surface area contributed by atoms with E-state index in [0.29, 0.717) is 11.3 Å². The Labute approximate surface area is 101 Å². The predicted octanol–water partition coefficient (Wildman–Crippen LogP) is 2.81. The molecule has 0 aliphatic carbocycles. The number of nitrogen functional groups attached to an aromatic ring is 1. The maximum Gasteiger partial charge on any atom is 0.389 e. The molecule has 0 atom stereocenters. The number of rotatable bonds is 3. The van der Waals surface area contributed by atoms with Crippen molar-refractivity contribution < 1.29 is 17.7 Å². The Kier molecular flexibility index (Phi) is 3.22. The van der Waals surface area contributed by atoms with Crippen LogP contribution in [0.3, 0.4) is 0 Å². The van der Waals surface area contributed by atoms with Crippen molar-refractivity contribution in [1.82, 2.24) is 10.1 Å². The second-order valence-corrected chi connectivity index (χ2v) is 3.76. The van der Waals surface area contributed by atoms with Gasteiger partial charge in [-0.05, 0) is 18.2 Å². The summed E-state index contributed by atoms with van der Waals surface area (Å²) in [6.07, 6.45) is -5.49. The van der Waals surface area contributed by atoms with Gasteiger partial charge < -0.3 is 10.3 Å². The standard InChI is InChI=1S/C11H10F3N3O/c12-11(13,14)5-4-9-16-10(18-17-9)7-2-1-3-8(15)6-7/h1-3,6H,4-5,15H2. The molecule has 1 aromatic carbocycles. The molecule has 4 nitrogen and oxygen atoms in total. The zero-order chi connectivity index (χ0) is 13.2. The van der Waals surface area contributed by atoms with Crippen molar-refractivity contribution in [3.8, 4) is 11.5 Å². The van der Waals surface area contributed by atoms with E-state index in [9.17, 15) is 13.2 Å². The Balaban J connectivity index is 2.11. The van der Waals surface area contributed by atoms with E-state index in [-0.39, 0.29) is 18.1 Å². The van der Waals surface area contributed by atoms with Gasteiger partial charge in [-0.1, -0.05) is 11.2 Å². The SMILES string of the molecule is Nc1cccc(-c2nc(CCC(F)(F)F)no2)c1. The van der Waals surface area contributed by atoms with E-state index in [1.165, 1.54) is 0 Å². The van der Waals surface area contributed by atoms with Crippen LogP contribution in [0.1, 0.15) is 12.2 Å². The van der Waals surface area contributed by atoms with Crippen LogP contribution in [0.5, 0.6) is 0 Å². The van der Waals surface area contributed by atoms with Gasteiger partial charge >= 0.3 is 6.18 Å². The van der Waals surface area contributed by atoms with Crippen LogP contribution < -0.4 is 5.73 Å². The molecule has 7 heteroatoms. The molecule has 0 bridgehead atoms. The fourth-order valence-corrected chi connectivity index (χ4v) is 1.40. The molecule has 0 unspecified atom stereocenters. The van der Waals surface area contributed by atoms with Crippen molar-refractivity contribution in [2.75, 3.05) is 5.73 Å². The summed E-state index contributed by atoms with van der Waals surface area (Å²) in [4.78, 5) is 3.89. The molecular weight excluding hydrogens is 247 g/mol. The van der Waals surface area contributed by atoms with E-state index in [1.54, 1.807) is 24.3 Å². The van der Waals surface area contributed by atoms with Crippen LogP contribution in [0.25, 0.3) is 11.5 Å². The van der Waals surface area contributed by atoms with Crippen molar-refractivity contribution in [3.63, 3.8) is 0 Å². The van der Waals surface area contributed by atoms with Crippen LogP contribution in [-0.4, -0.2) is 16.3 Å². The van der Waals surface area contributed by atoms with Gasteiger partial charge in [0, 0.05) is 17.7 Å². The molecule has 96 valence electrons. The van der Waals surface area contributed by atoms with Crippen molar-refractivity contribution in [3.05, 3.63) is 30.1 Å². The lowest BCUT2D eigenvalue weighted by molar-refractivity contribution is -0.134. The number of anilines is 1. The summed E-state index contributed by atoms with van der Waals surface area (Å²) < 4.78 is 41.0. The molecule has 0 saturated heterocycles. The molecule has 18 heavy (non-hydrogen) atoms. The fraction of sp³-hybridized carbons (Fsp3) is 0.273. The maximum absolute atomic E-state index is 12.0. The number of aryl methyl sites for hydroxylation is 1. The van der Waals surface area contributed by atoms with Gasteiger partial charge in [0.25, 0.3) is 5.89 Å². The van der Waals surface area contributed by atoms with Gasteiger partial charge in [-0.3, -0.25) is 0 Å². The lowest BCUT2D eigenvalue weighted by atomic mass is 10.2. The van der Waals surface area contributed by atoms with Gasteiger partial charge in [0.15, 0.2) is 5.82 Å². The van der Waals surface area contributed by atoms with Crippen molar-refractivity contribution in [1.29, 1.82) is 0 Å². The number of nitrogens with zero attached hydrogens (tertiary/aromatic N) is 2. The van der Waals surface area contributed by atoms with E-state index in [2.05, 4.69) is 10.1 Å². The highest BCUT2D eigenvalue weighted by molar-refractivity contribution is 5.59. The number of halogens is 3. The molecule has 2 N–H and O–H groups in total. The first kappa shape index (κ1) is 12.4. The Morgan fingerprint density at radius 1 is 1.28 bits per heavy atom. The van der Waals surface area contributed by atoms with Gasteiger partial charge in [0.1, 0.15) is 0 Å². The van der Waals surface area contributed by atoms with Crippen molar-refractivity contribution in [2.45, 2.75) is 19.0 Å². The summed E-state index contributed by atoms with van der Waals surface area (Å²) in [7, 11) is 0. The summed E-state index contributed by atoms with van der Waals surface area (Å²) in [5.74, 6) is 0.198. The number of nitrogens with two attached hydrogens (primary N) is 1. The molecule has 0 saturated carbocycles. The summed E-state index contributed by atoms with van der Waals surface area (Å²) in [6.45, 7) is 0. The average molecular weight is 257 g/mol. The number of aromatic nitrogens is 2. The van der Waals surface area contributed by atoms with Gasteiger partial charge in [-0.2, -0.15) is 18.2 Å². The molecular formula is C11H10F3N3O. The molecule has 0 aliphatic heterocycles. The van der Waals surface area contributed by atoms with Crippen LogP contribution >= 0.6 is 0 Å². The van der Waals surface area contributed by atoms with E-state index in [1.807, 2.05) is 0 Å². The van der Waals surface area contributed by atoms with Crippen molar-refractivity contribution >= 4 is 5.69 Å². The quantitative estimate of drug-likeness (QED) is 0.858. The molecule has 1 heterocycles. The smallest absolute Gasteiger partial charge is 0.389 e. The highest BCUT2D eigenvalue weighted by Crippen LogP contribution is 2.23. The third-order valence-electron chi connectivity index (χ3n) is 2.23. The lowest BCUT2D eigenvalue weighted by Crippen LogP contribution is -2.09. The predicted molar refractivity (Wildman–Crippen MR) is 58.5 cm³/mol. The Hall–Kier alpha value is -2.05. The molecule has 2 aromatic rings. The molecule has 0 spiro atoms. The second kappa shape index (κ2) is 4.67. The zero-order valence-electron chi connectivity index (χ0n) is 9.24. The van der Waals surface area contributed by atoms with Crippen LogP contribution in [0, 0.1) is 0 Å². The number of hydrogen-bond donors (Lipinski definition) is 1. The number of benzene rings is 1. The topological polar surface area (TPSA) is 64.9 Å². The monoisotopic (exact) mass is 257 g/mol. The fourth-order valence-electron chi connectivity index (χ4n) is 1.40. The van der Waals surface area contributed by atoms with Crippen LogP contribution in [0.15, 0.2) is 28.8 Å². The van der Waals surface area contributed by atoms with Crippen LogP contribution in [-0.2, 0) is 6.42 Å². The molecule has 0 radical (unpaired) electrons. The zero-order valence-corrected chi connectivity index (χ0v) is 9.24. The van der Waals surface area contributed by atoms with E-state index in [4.69, 9.17) is 10.3 Å². The Morgan fingerprint density at radius 3 is 2.72 bits per heavy atom. The van der Waals surface area contributed by atoms with Crippen LogP contribution in [0.2, 0.25) is 0 Å². The molecule has 0 aliphatic rings. The maximum atomic E-state index is 12.0. The van der Waals surface area contributed by atoms with E-state index < -0.39 is 12.6 Å². The third kappa shape index (κ3) is 3.22. The minimum atomic E-state index is -4.22. The largest absolute Gasteiger partial charge is 0.399 e. The summed E-state index contributed by atoms with van der Waals surface area (Å²) >= 11 is 0. The number of alkyl halides is 3. The highest BCUT2D eigenvalue weighted by Gasteiger charge is 2.27.